The normalized spacial score (nSPS) is 20.8. The Morgan fingerprint density at radius 2 is 2.09 bits per heavy atom. The van der Waals surface area contributed by atoms with Crippen molar-refractivity contribution in [2.24, 2.45) is 0 Å². The molecule has 1 fully saturated rings. The molecule has 2 atom stereocenters. The fourth-order valence-corrected chi connectivity index (χ4v) is 3.95. The summed E-state index contributed by atoms with van der Waals surface area (Å²) in [4.78, 5) is 8.80. The number of rotatable bonds is 6. The largest absolute Gasteiger partial charge is 0.439 e. The molecular formula is C17H21N3OS. The van der Waals surface area contributed by atoms with E-state index in [9.17, 15) is 0 Å². The third-order valence-electron chi connectivity index (χ3n) is 3.74. The van der Waals surface area contributed by atoms with Gasteiger partial charge in [0.2, 0.25) is 11.8 Å². The Morgan fingerprint density at radius 1 is 1.23 bits per heavy atom. The van der Waals surface area contributed by atoms with Gasteiger partial charge in [0.25, 0.3) is 0 Å². The lowest BCUT2D eigenvalue weighted by molar-refractivity contribution is 0.462. The fraction of sp³-hybridized carbons (Fsp3) is 0.412. The molecule has 0 aliphatic heterocycles. The SMILES string of the molecule is CCSC1CCCC1Nc1nccc(Oc2ccccc2)n1. The van der Waals surface area contributed by atoms with Crippen LogP contribution in [0.5, 0.6) is 11.6 Å². The van der Waals surface area contributed by atoms with Gasteiger partial charge >= 0.3 is 0 Å². The highest BCUT2D eigenvalue weighted by Gasteiger charge is 2.27. The summed E-state index contributed by atoms with van der Waals surface area (Å²) in [5, 5.41) is 4.14. The minimum absolute atomic E-state index is 0.455. The highest BCUT2D eigenvalue weighted by Crippen LogP contribution is 2.31. The van der Waals surface area contributed by atoms with Crippen molar-refractivity contribution in [3.05, 3.63) is 42.6 Å². The van der Waals surface area contributed by atoms with Crippen LogP contribution in [-0.2, 0) is 0 Å². The zero-order valence-electron chi connectivity index (χ0n) is 12.7. The first-order valence-electron chi connectivity index (χ1n) is 7.79. The third-order valence-corrected chi connectivity index (χ3v) is 5.07. The van der Waals surface area contributed by atoms with Crippen molar-refractivity contribution >= 4 is 17.7 Å². The Balaban J connectivity index is 1.66. The molecule has 0 radical (unpaired) electrons. The van der Waals surface area contributed by atoms with Crippen molar-refractivity contribution in [1.82, 2.24) is 9.97 Å². The third kappa shape index (κ3) is 3.91. The monoisotopic (exact) mass is 315 g/mol. The van der Waals surface area contributed by atoms with E-state index in [0.717, 1.165) is 11.5 Å². The average Bonchev–Trinajstić information content (AvgIpc) is 2.96. The Hall–Kier alpha value is -1.75. The molecule has 0 spiro atoms. The van der Waals surface area contributed by atoms with Crippen LogP contribution < -0.4 is 10.1 Å². The van der Waals surface area contributed by atoms with Gasteiger partial charge in [-0.15, -0.1) is 0 Å². The van der Waals surface area contributed by atoms with Crippen LogP contribution in [0.3, 0.4) is 0 Å². The number of aromatic nitrogens is 2. The number of anilines is 1. The number of nitrogens with zero attached hydrogens (tertiary/aromatic N) is 2. The molecule has 5 heteroatoms. The summed E-state index contributed by atoms with van der Waals surface area (Å²) >= 11 is 2.02. The van der Waals surface area contributed by atoms with Crippen molar-refractivity contribution in [3.63, 3.8) is 0 Å². The van der Waals surface area contributed by atoms with Gasteiger partial charge in [-0.05, 0) is 30.7 Å². The minimum atomic E-state index is 0.455. The number of nitrogens with one attached hydrogen (secondary N) is 1. The summed E-state index contributed by atoms with van der Waals surface area (Å²) in [6.07, 6.45) is 5.47. The van der Waals surface area contributed by atoms with Crippen LogP contribution in [0.25, 0.3) is 0 Å². The maximum absolute atomic E-state index is 5.76. The molecule has 2 aromatic rings. The van der Waals surface area contributed by atoms with Crippen molar-refractivity contribution < 1.29 is 4.74 Å². The highest BCUT2D eigenvalue weighted by molar-refractivity contribution is 7.99. The molecule has 1 N–H and O–H groups in total. The molecule has 116 valence electrons. The van der Waals surface area contributed by atoms with Gasteiger partial charge in [-0.3, -0.25) is 0 Å². The van der Waals surface area contributed by atoms with Crippen LogP contribution in [0.2, 0.25) is 0 Å². The van der Waals surface area contributed by atoms with E-state index in [0.29, 0.717) is 23.1 Å². The summed E-state index contributed by atoms with van der Waals surface area (Å²) < 4.78 is 5.76. The van der Waals surface area contributed by atoms with Crippen molar-refractivity contribution in [2.75, 3.05) is 11.1 Å². The number of ether oxygens (including phenoxy) is 1. The van der Waals surface area contributed by atoms with E-state index in [1.54, 1.807) is 12.3 Å². The van der Waals surface area contributed by atoms with Gasteiger partial charge < -0.3 is 10.1 Å². The lowest BCUT2D eigenvalue weighted by atomic mass is 10.2. The van der Waals surface area contributed by atoms with E-state index in [2.05, 4.69) is 22.2 Å². The predicted molar refractivity (Wildman–Crippen MR) is 91.7 cm³/mol. The molecule has 0 saturated heterocycles. The topological polar surface area (TPSA) is 47.0 Å². The number of benzene rings is 1. The second-order valence-electron chi connectivity index (χ2n) is 5.31. The van der Waals surface area contributed by atoms with E-state index < -0.39 is 0 Å². The van der Waals surface area contributed by atoms with Gasteiger partial charge in [0.15, 0.2) is 0 Å². The first-order chi connectivity index (χ1) is 10.8. The molecule has 0 amide bonds. The van der Waals surface area contributed by atoms with Gasteiger partial charge in [-0.1, -0.05) is 31.5 Å². The molecule has 1 aromatic carbocycles. The van der Waals surface area contributed by atoms with Crippen LogP contribution in [0.15, 0.2) is 42.6 Å². The van der Waals surface area contributed by atoms with Crippen LogP contribution >= 0.6 is 11.8 Å². The Bertz CT molecular complexity index is 593. The second kappa shape index (κ2) is 7.49. The average molecular weight is 315 g/mol. The maximum Gasteiger partial charge on any atom is 0.226 e. The van der Waals surface area contributed by atoms with E-state index in [-0.39, 0.29) is 0 Å². The van der Waals surface area contributed by atoms with Crippen LogP contribution in [-0.4, -0.2) is 27.0 Å². The molecule has 1 saturated carbocycles. The molecule has 22 heavy (non-hydrogen) atoms. The van der Waals surface area contributed by atoms with Crippen molar-refractivity contribution in [2.45, 2.75) is 37.5 Å². The highest BCUT2D eigenvalue weighted by atomic mass is 32.2. The number of hydrogen-bond acceptors (Lipinski definition) is 5. The first kappa shape index (κ1) is 15.2. The molecule has 2 unspecified atom stereocenters. The number of hydrogen-bond donors (Lipinski definition) is 1. The lowest BCUT2D eigenvalue weighted by Crippen LogP contribution is -2.27. The Morgan fingerprint density at radius 3 is 2.91 bits per heavy atom. The minimum Gasteiger partial charge on any atom is -0.439 e. The zero-order valence-corrected chi connectivity index (χ0v) is 13.6. The maximum atomic E-state index is 5.76. The quantitative estimate of drug-likeness (QED) is 0.858. The van der Waals surface area contributed by atoms with Crippen LogP contribution in [0.1, 0.15) is 26.2 Å². The van der Waals surface area contributed by atoms with Crippen LogP contribution in [0.4, 0.5) is 5.95 Å². The molecule has 3 rings (SSSR count). The van der Waals surface area contributed by atoms with Crippen LogP contribution in [0, 0.1) is 0 Å². The summed E-state index contributed by atoms with van der Waals surface area (Å²) in [5.74, 6) is 3.16. The van der Waals surface area contributed by atoms with E-state index >= 15 is 0 Å². The Kier molecular flexibility index (Phi) is 5.16. The van der Waals surface area contributed by atoms with Gasteiger partial charge in [-0.2, -0.15) is 16.7 Å². The predicted octanol–water partition coefficient (Wildman–Crippen LogP) is 4.36. The van der Waals surface area contributed by atoms with Gasteiger partial charge in [0.05, 0.1) is 0 Å². The van der Waals surface area contributed by atoms with Crippen molar-refractivity contribution in [3.8, 4) is 11.6 Å². The number of thioether (sulfide) groups is 1. The van der Waals surface area contributed by atoms with E-state index in [4.69, 9.17) is 4.74 Å². The summed E-state index contributed by atoms with van der Waals surface area (Å²) in [7, 11) is 0. The summed E-state index contributed by atoms with van der Waals surface area (Å²) in [6, 6.07) is 11.9. The zero-order chi connectivity index (χ0) is 15.2. The molecule has 0 bridgehead atoms. The molecule has 1 aromatic heterocycles. The summed E-state index contributed by atoms with van der Waals surface area (Å²) in [5.41, 5.74) is 0. The molecule has 1 heterocycles. The Labute approximate surface area is 135 Å². The molecule has 1 aliphatic rings. The van der Waals surface area contributed by atoms with Gasteiger partial charge in [0, 0.05) is 23.6 Å². The van der Waals surface area contributed by atoms with E-state index in [1.807, 2.05) is 42.1 Å². The molecule has 4 nitrogen and oxygen atoms in total. The van der Waals surface area contributed by atoms with E-state index in [1.165, 1.54) is 19.3 Å². The standard InChI is InChI=1S/C17H21N3OS/c1-2-22-15-10-6-9-14(15)19-17-18-12-11-16(20-17)21-13-7-4-3-5-8-13/h3-5,7-8,11-12,14-15H,2,6,9-10H2,1H3,(H,18,19,20). The lowest BCUT2D eigenvalue weighted by Gasteiger charge is -2.20. The first-order valence-corrected chi connectivity index (χ1v) is 8.84. The molecule has 1 aliphatic carbocycles. The smallest absolute Gasteiger partial charge is 0.226 e. The second-order valence-corrected chi connectivity index (χ2v) is 6.83. The van der Waals surface area contributed by atoms with Crippen molar-refractivity contribution in [1.29, 1.82) is 0 Å². The van der Waals surface area contributed by atoms with Gasteiger partial charge in [0.1, 0.15) is 5.75 Å². The summed E-state index contributed by atoms with van der Waals surface area (Å²) in [6.45, 7) is 2.21. The number of para-hydroxylation sites is 1. The fourth-order valence-electron chi connectivity index (χ4n) is 2.75. The molecular weight excluding hydrogens is 294 g/mol. The van der Waals surface area contributed by atoms with Gasteiger partial charge in [-0.25, -0.2) is 4.98 Å².